The van der Waals surface area contributed by atoms with Crippen molar-refractivity contribution in [2.75, 3.05) is 13.1 Å². The Hall–Kier alpha value is -2.60. The maximum Gasteiger partial charge on any atom is 0.240 e. The molecule has 12 heteroatoms. The summed E-state index contributed by atoms with van der Waals surface area (Å²) in [5, 5.41) is 2.73. The standard InChI is InChI=1S/C46H70N4O7S/c1-7-30-25-44(30,41(55)48-58(56,57)32-19-20-32)27-37(52)35-26-46(43(5,6)45(46)21-13-22-45)28-50(35)40(54)33(42(2,3)4)24-36(51)38(29-14-9-8-10-15-29)47-39(53)34-16-11-12-23-49(34)31-17-18-31/h7,29-35,38H,1,8-28H2,2-6H3,(H,47,53)(H,48,55)/t30-,33-,34+,35+,38+,44-,46-/m1/s1. The van der Waals surface area contributed by atoms with Gasteiger partial charge < -0.3 is 10.2 Å². The largest absolute Gasteiger partial charge is 0.345 e. The first-order valence-corrected chi connectivity index (χ1v) is 24.5. The van der Waals surface area contributed by atoms with Crippen molar-refractivity contribution < 1.29 is 32.4 Å². The van der Waals surface area contributed by atoms with Gasteiger partial charge in [-0.15, -0.1) is 6.58 Å². The molecule has 7 atom stereocenters. The second kappa shape index (κ2) is 14.8. The van der Waals surface area contributed by atoms with Crippen LogP contribution in [0.15, 0.2) is 12.7 Å². The first kappa shape index (κ1) is 42.1. The van der Waals surface area contributed by atoms with E-state index in [4.69, 9.17) is 0 Å². The molecule has 322 valence electrons. The smallest absolute Gasteiger partial charge is 0.240 e. The van der Waals surface area contributed by atoms with Gasteiger partial charge in [-0.25, -0.2) is 8.42 Å². The first-order valence-electron chi connectivity index (χ1n) is 22.9. The number of piperidine rings is 1. The predicted molar refractivity (Wildman–Crippen MR) is 222 cm³/mol. The van der Waals surface area contributed by atoms with Crippen LogP contribution in [0.25, 0.3) is 0 Å². The summed E-state index contributed by atoms with van der Waals surface area (Å²) < 4.78 is 28.1. The number of sulfonamides is 1. The van der Waals surface area contributed by atoms with E-state index in [0.29, 0.717) is 38.3 Å². The molecule has 2 heterocycles. The first-order chi connectivity index (χ1) is 27.3. The minimum absolute atomic E-state index is 0.0242. The summed E-state index contributed by atoms with van der Waals surface area (Å²) in [4.78, 5) is 77.0. The van der Waals surface area contributed by atoms with Crippen LogP contribution in [0.1, 0.15) is 157 Å². The van der Waals surface area contributed by atoms with E-state index in [1.54, 1.807) is 11.0 Å². The number of hydrogen-bond donors (Lipinski definition) is 2. The van der Waals surface area contributed by atoms with Crippen molar-refractivity contribution in [3.05, 3.63) is 12.7 Å². The highest BCUT2D eigenvalue weighted by Gasteiger charge is 2.85. The summed E-state index contributed by atoms with van der Waals surface area (Å²) in [6.07, 6.45) is 16.6. The number of ketones is 2. The summed E-state index contributed by atoms with van der Waals surface area (Å²) in [6, 6.07) is -1.21. The molecule has 0 bridgehead atoms. The Morgan fingerprint density at radius 1 is 0.845 bits per heavy atom. The zero-order chi connectivity index (χ0) is 41.6. The molecule has 58 heavy (non-hydrogen) atoms. The number of carbonyl (C=O) groups excluding carboxylic acids is 5. The van der Waals surface area contributed by atoms with Gasteiger partial charge >= 0.3 is 0 Å². The molecule has 0 aromatic heterocycles. The number of hydrogen-bond acceptors (Lipinski definition) is 8. The zero-order valence-corrected chi connectivity index (χ0v) is 36.7. The van der Waals surface area contributed by atoms with Gasteiger partial charge in [0, 0.05) is 36.8 Å². The molecule has 6 saturated carbocycles. The number of nitrogens with zero attached hydrogens (tertiary/aromatic N) is 2. The molecule has 0 unspecified atom stereocenters. The van der Waals surface area contributed by atoms with Crippen LogP contribution >= 0.6 is 0 Å². The number of amides is 3. The highest BCUT2D eigenvalue weighted by Crippen LogP contribution is 2.88. The predicted octanol–water partition coefficient (Wildman–Crippen LogP) is 6.25. The summed E-state index contributed by atoms with van der Waals surface area (Å²) in [5.41, 5.74) is -2.13. The van der Waals surface area contributed by atoms with Crippen molar-refractivity contribution in [3.63, 3.8) is 0 Å². The number of Topliss-reactive ketones (excluding diaryl/α,β-unsaturated/α-hetero) is 2. The fraction of sp³-hybridized carbons (Fsp3) is 0.848. The van der Waals surface area contributed by atoms with Crippen LogP contribution in [0.3, 0.4) is 0 Å². The summed E-state index contributed by atoms with van der Waals surface area (Å²) in [6.45, 7) is 15.8. The van der Waals surface area contributed by atoms with Crippen LogP contribution in [0, 0.1) is 44.8 Å². The van der Waals surface area contributed by atoms with Crippen molar-refractivity contribution in [3.8, 4) is 0 Å². The Balaban J connectivity index is 1.05. The van der Waals surface area contributed by atoms with Gasteiger partial charge in [0.2, 0.25) is 27.7 Å². The fourth-order valence-corrected chi connectivity index (χ4v) is 14.4. The summed E-state index contributed by atoms with van der Waals surface area (Å²) in [5.74, 6) is -2.26. The van der Waals surface area contributed by atoms with E-state index >= 15 is 4.79 Å². The van der Waals surface area contributed by atoms with E-state index in [2.05, 4.69) is 35.4 Å². The Bertz CT molecular complexity index is 1820. The van der Waals surface area contributed by atoms with Crippen molar-refractivity contribution in [1.82, 2.24) is 19.8 Å². The zero-order valence-electron chi connectivity index (χ0n) is 35.9. The lowest BCUT2D eigenvalue weighted by molar-refractivity contribution is -0.147. The number of carbonyl (C=O) groups is 5. The average Bonchev–Trinajstić information content (AvgIpc) is 4.00. The maximum absolute atomic E-state index is 15.3. The third kappa shape index (κ3) is 7.03. The molecular formula is C46H70N4O7S. The Morgan fingerprint density at radius 3 is 2.07 bits per heavy atom. The second-order valence-corrected chi connectivity index (χ2v) is 23.8. The molecule has 8 aliphatic rings. The highest BCUT2D eigenvalue weighted by molar-refractivity contribution is 7.90. The Morgan fingerprint density at radius 2 is 1.52 bits per heavy atom. The molecule has 3 amide bonds. The van der Waals surface area contributed by atoms with E-state index in [-0.39, 0.29) is 70.3 Å². The molecule has 2 aliphatic heterocycles. The lowest BCUT2D eigenvalue weighted by atomic mass is 9.73. The van der Waals surface area contributed by atoms with Crippen molar-refractivity contribution in [1.29, 1.82) is 0 Å². The van der Waals surface area contributed by atoms with E-state index in [1.165, 1.54) is 0 Å². The number of rotatable bonds is 15. The van der Waals surface area contributed by atoms with Crippen LogP contribution in [0.5, 0.6) is 0 Å². The molecule has 8 rings (SSSR count). The molecule has 0 aromatic carbocycles. The average molecular weight is 823 g/mol. The third-order valence-electron chi connectivity index (χ3n) is 17.4. The van der Waals surface area contributed by atoms with Gasteiger partial charge in [-0.2, -0.15) is 0 Å². The molecule has 2 N–H and O–H groups in total. The van der Waals surface area contributed by atoms with Gasteiger partial charge in [-0.3, -0.25) is 33.6 Å². The Labute approximate surface area is 347 Å². The van der Waals surface area contributed by atoms with Crippen molar-refractivity contribution >= 4 is 39.3 Å². The summed E-state index contributed by atoms with van der Waals surface area (Å²) >= 11 is 0. The molecule has 11 nitrogen and oxygen atoms in total. The fourth-order valence-electron chi connectivity index (χ4n) is 13.0. The lowest BCUT2D eigenvalue weighted by Gasteiger charge is -2.39. The third-order valence-corrected chi connectivity index (χ3v) is 19.2. The van der Waals surface area contributed by atoms with Gasteiger partial charge in [-0.1, -0.05) is 72.8 Å². The van der Waals surface area contributed by atoms with E-state index < -0.39 is 50.0 Å². The molecule has 0 radical (unpaired) electrons. The van der Waals surface area contributed by atoms with Gasteiger partial charge in [-0.05, 0) is 112 Å². The van der Waals surface area contributed by atoms with Crippen LogP contribution in [-0.4, -0.2) is 90.0 Å². The maximum atomic E-state index is 15.3. The highest BCUT2D eigenvalue weighted by atomic mass is 32.2. The minimum Gasteiger partial charge on any atom is -0.345 e. The second-order valence-electron chi connectivity index (χ2n) is 21.8. The van der Waals surface area contributed by atoms with E-state index in [1.807, 2.05) is 20.8 Å². The SMILES string of the molecule is C=C[C@@H]1C[C@]1(CC(=O)[C@@H]1C[C@@]2(CN1C(=O)[C@@H](CC(=O)[C@@H](NC(=O)[C@@H]1CCCCN1C1CC1)C1CCCCC1)C(C)(C)C)C(C)(C)C21CCC1)C(=O)NS(=O)(=O)C1CC1. The molecule has 8 fully saturated rings. The van der Waals surface area contributed by atoms with Crippen LogP contribution in [0.2, 0.25) is 0 Å². The molecule has 2 saturated heterocycles. The monoisotopic (exact) mass is 822 g/mol. The van der Waals surface area contributed by atoms with Gasteiger partial charge in [0.1, 0.15) is 0 Å². The van der Waals surface area contributed by atoms with Crippen molar-refractivity contribution in [2.45, 2.75) is 186 Å². The molecule has 2 spiro atoms. The number of fused-ring (bicyclic) bond motifs is 1. The quantitative estimate of drug-likeness (QED) is 0.184. The molecule has 0 aromatic rings. The normalized spacial score (nSPS) is 34.2. The lowest BCUT2D eigenvalue weighted by Crippen LogP contribution is -2.56. The minimum atomic E-state index is -3.82. The molecular weight excluding hydrogens is 753 g/mol. The van der Waals surface area contributed by atoms with Gasteiger partial charge in [0.05, 0.1) is 28.8 Å². The number of allylic oxidation sites excluding steroid dienone is 1. The Kier molecular flexibility index (Phi) is 10.7. The van der Waals surface area contributed by atoms with E-state index in [0.717, 1.165) is 90.0 Å². The van der Waals surface area contributed by atoms with Gasteiger partial charge in [0.25, 0.3) is 0 Å². The van der Waals surface area contributed by atoms with E-state index in [9.17, 15) is 27.6 Å². The van der Waals surface area contributed by atoms with Crippen LogP contribution < -0.4 is 10.0 Å². The summed E-state index contributed by atoms with van der Waals surface area (Å²) in [7, 11) is -3.82. The van der Waals surface area contributed by atoms with Crippen molar-refractivity contribution in [2.24, 2.45) is 44.8 Å². The van der Waals surface area contributed by atoms with Gasteiger partial charge in [0.15, 0.2) is 11.6 Å². The number of likely N-dealkylation sites (tertiary alicyclic amines) is 2. The number of nitrogens with one attached hydrogen (secondary N) is 2. The van der Waals surface area contributed by atoms with Crippen LogP contribution in [-0.2, 0) is 34.0 Å². The topological polar surface area (TPSA) is 150 Å². The van der Waals surface area contributed by atoms with Crippen LogP contribution in [0.4, 0.5) is 0 Å². The molecule has 6 aliphatic carbocycles.